The fraction of sp³-hybridized carbons (Fsp3) is 0.0870. The highest BCUT2D eigenvalue weighted by molar-refractivity contribution is 7.99. The molecule has 0 aliphatic carbocycles. The molecule has 0 saturated heterocycles. The van der Waals surface area contributed by atoms with E-state index < -0.39 is 28.5 Å². The number of carbonyl (C=O) groups excluding carboxylic acids is 1. The van der Waals surface area contributed by atoms with Gasteiger partial charge in [0.05, 0.1) is 16.3 Å². The number of carbonyl (C=O) groups is 1. The van der Waals surface area contributed by atoms with Gasteiger partial charge in [-0.05, 0) is 42.5 Å². The van der Waals surface area contributed by atoms with E-state index in [4.69, 9.17) is 11.6 Å². The first-order valence-corrected chi connectivity index (χ1v) is 11.1. The quantitative estimate of drug-likeness (QED) is 0.240. The lowest BCUT2D eigenvalue weighted by molar-refractivity contribution is -0.137. The first kappa shape index (κ1) is 23.8. The molecule has 5 nitrogen and oxygen atoms in total. The molecule has 11 heteroatoms. The number of nitrogens with zero attached hydrogens (tertiary/aromatic N) is 3. The SMILES string of the molecule is O=C(CSc1nnc(-c2ccccc2)n1-c1ccc(F)cc1)Nc1ccc(Cl)c(C(F)(F)F)c1. The molecule has 0 atom stereocenters. The van der Waals surface area contributed by atoms with Crippen LogP contribution in [0.25, 0.3) is 17.1 Å². The first-order valence-electron chi connectivity index (χ1n) is 9.78. The van der Waals surface area contributed by atoms with Crippen LogP contribution in [0.5, 0.6) is 0 Å². The zero-order valence-corrected chi connectivity index (χ0v) is 18.8. The molecule has 0 bridgehead atoms. The second-order valence-electron chi connectivity index (χ2n) is 7.01. The van der Waals surface area contributed by atoms with Crippen molar-refractivity contribution in [2.75, 3.05) is 11.1 Å². The van der Waals surface area contributed by atoms with E-state index in [0.29, 0.717) is 16.7 Å². The van der Waals surface area contributed by atoms with Gasteiger partial charge in [-0.15, -0.1) is 10.2 Å². The van der Waals surface area contributed by atoms with Gasteiger partial charge in [0.15, 0.2) is 11.0 Å². The van der Waals surface area contributed by atoms with Crippen molar-refractivity contribution in [2.24, 2.45) is 0 Å². The Hall–Kier alpha value is -3.37. The van der Waals surface area contributed by atoms with Crippen molar-refractivity contribution in [3.05, 3.63) is 89.2 Å². The highest BCUT2D eigenvalue weighted by atomic mass is 35.5. The summed E-state index contributed by atoms with van der Waals surface area (Å²) in [5, 5.41) is 10.7. The molecule has 1 heterocycles. The van der Waals surface area contributed by atoms with Gasteiger partial charge in [0.25, 0.3) is 0 Å². The fourth-order valence-electron chi connectivity index (χ4n) is 3.11. The monoisotopic (exact) mass is 506 g/mol. The molecule has 1 N–H and O–H groups in total. The van der Waals surface area contributed by atoms with Crippen molar-refractivity contribution in [1.29, 1.82) is 0 Å². The largest absolute Gasteiger partial charge is 0.417 e. The van der Waals surface area contributed by atoms with Crippen LogP contribution in [0.15, 0.2) is 78.0 Å². The molecule has 4 aromatic rings. The Morgan fingerprint density at radius 3 is 2.38 bits per heavy atom. The van der Waals surface area contributed by atoms with Crippen molar-refractivity contribution in [2.45, 2.75) is 11.3 Å². The van der Waals surface area contributed by atoms with Gasteiger partial charge < -0.3 is 5.32 Å². The maximum Gasteiger partial charge on any atom is 0.417 e. The van der Waals surface area contributed by atoms with E-state index in [-0.39, 0.29) is 11.4 Å². The minimum absolute atomic E-state index is 0.0349. The molecule has 34 heavy (non-hydrogen) atoms. The number of halogens is 5. The molecule has 0 spiro atoms. The standard InChI is InChI=1S/C23H15ClF4N4OS/c24-19-11-8-16(12-18(19)23(26,27)28)29-20(33)13-34-22-31-30-21(14-4-2-1-3-5-14)32(22)17-9-6-15(25)7-10-17/h1-12H,13H2,(H,29,33). The molecule has 0 fully saturated rings. The smallest absolute Gasteiger partial charge is 0.325 e. The summed E-state index contributed by atoms with van der Waals surface area (Å²) in [4.78, 5) is 12.4. The molecule has 0 unspecified atom stereocenters. The predicted molar refractivity (Wildman–Crippen MR) is 123 cm³/mol. The normalized spacial score (nSPS) is 11.4. The number of thioether (sulfide) groups is 1. The van der Waals surface area contributed by atoms with Crippen molar-refractivity contribution in [1.82, 2.24) is 14.8 Å². The number of amides is 1. The molecule has 0 saturated carbocycles. The number of hydrogen-bond donors (Lipinski definition) is 1. The molecule has 0 aliphatic heterocycles. The van der Waals surface area contributed by atoms with Crippen molar-refractivity contribution in [3.63, 3.8) is 0 Å². The maximum absolute atomic E-state index is 13.5. The number of alkyl halides is 3. The Morgan fingerprint density at radius 1 is 1.00 bits per heavy atom. The van der Waals surface area contributed by atoms with Crippen LogP contribution in [0.2, 0.25) is 5.02 Å². The summed E-state index contributed by atoms with van der Waals surface area (Å²) in [5.74, 6) is -0.621. The van der Waals surface area contributed by atoms with E-state index in [2.05, 4.69) is 15.5 Å². The van der Waals surface area contributed by atoms with Crippen LogP contribution in [0, 0.1) is 5.82 Å². The van der Waals surface area contributed by atoms with Crippen LogP contribution in [0.3, 0.4) is 0 Å². The van der Waals surface area contributed by atoms with Crippen LogP contribution >= 0.6 is 23.4 Å². The molecule has 174 valence electrons. The molecule has 3 aromatic carbocycles. The summed E-state index contributed by atoms with van der Waals surface area (Å²) in [6, 6.07) is 18.0. The molecule has 0 radical (unpaired) electrons. The Balaban J connectivity index is 1.56. The molecule has 1 aromatic heterocycles. The van der Waals surface area contributed by atoms with Crippen LogP contribution in [-0.2, 0) is 11.0 Å². The van der Waals surface area contributed by atoms with Crippen molar-refractivity contribution in [3.8, 4) is 17.1 Å². The third-order valence-electron chi connectivity index (χ3n) is 4.64. The topological polar surface area (TPSA) is 59.8 Å². The van der Waals surface area contributed by atoms with E-state index in [9.17, 15) is 22.4 Å². The number of rotatable bonds is 6. The summed E-state index contributed by atoms with van der Waals surface area (Å²) in [6.45, 7) is 0. The van der Waals surface area contributed by atoms with Crippen LogP contribution in [0.1, 0.15) is 5.56 Å². The van der Waals surface area contributed by atoms with E-state index in [0.717, 1.165) is 29.5 Å². The second-order valence-corrected chi connectivity index (χ2v) is 8.36. The number of aromatic nitrogens is 3. The van der Waals surface area contributed by atoms with E-state index in [1.165, 1.54) is 18.2 Å². The molecular weight excluding hydrogens is 492 g/mol. The number of nitrogens with one attached hydrogen (secondary N) is 1. The van der Waals surface area contributed by atoms with Crippen LogP contribution < -0.4 is 5.32 Å². The molecule has 4 rings (SSSR count). The summed E-state index contributed by atoms with van der Waals surface area (Å²) in [7, 11) is 0. The average Bonchev–Trinajstić information content (AvgIpc) is 3.23. The fourth-order valence-corrected chi connectivity index (χ4v) is 4.08. The Kier molecular flexibility index (Phi) is 6.90. The minimum Gasteiger partial charge on any atom is -0.325 e. The number of anilines is 1. The summed E-state index contributed by atoms with van der Waals surface area (Å²) in [6.07, 6.45) is -4.65. The lowest BCUT2D eigenvalue weighted by atomic mass is 10.2. The van der Waals surface area contributed by atoms with Gasteiger partial charge in [0, 0.05) is 16.9 Å². The minimum atomic E-state index is -4.65. The zero-order chi connectivity index (χ0) is 24.3. The van der Waals surface area contributed by atoms with Gasteiger partial charge in [0.1, 0.15) is 5.82 Å². The summed E-state index contributed by atoms with van der Waals surface area (Å²) < 4.78 is 54.3. The lowest BCUT2D eigenvalue weighted by Crippen LogP contribution is -2.15. The average molecular weight is 507 g/mol. The lowest BCUT2D eigenvalue weighted by Gasteiger charge is -2.12. The highest BCUT2D eigenvalue weighted by Gasteiger charge is 2.33. The van der Waals surface area contributed by atoms with Crippen molar-refractivity contribution < 1.29 is 22.4 Å². The Labute approximate surface area is 200 Å². The van der Waals surface area contributed by atoms with E-state index in [1.54, 1.807) is 16.7 Å². The Bertz CT molecular complexity index is 1310. The Morgan fingerprint density at radius 2 is 1.71 bits per heavy atom. The van der Waals surface area contributed by atoms with Crippen LogP contribution in [0.4, 0.5) is 23.2 Å². The third kappa shape index (κ3) is 5.40. The summed E-state index contributed by atoms with van der Waals surface area (Å²) >= 11 is 6.66. The third-order valence-corrected chi connectivity index (χ3v) is 5.90. The van der Waals surface area contributed by atoms with Crippen molar-refractivity contribution >= 4 is 35.0 Å². The molecular formula is C23H15ClF4N4OS. The zero-order valence-electron chi connectivity index (χ0n) is 17.2. The van der Waals surface area contributed by atoms with Gasteiger partial charge in [0.2, 0.25) is 5.91 Å². The second kappa shape index (κ2) is 9.86. The molecule has 1 amide bonds. The van der Waals surface area contributed by atoms with E-state index in [1.807, 2.05) is 30.3 Å². The first-order chi connectivity index (χ1) is 16.2. The number of benzene rings is 3. The maximum atomic E-state index is 13.5. The van der Waals surface area contributed by atoms with Crippen LogP contribution in [-0.4, -0.2) is 26.4 Å². The van der Waals surface area contributed by atoms with Gasteiger partial charge in [-0.25, -0.2) is 4.39 Å². The van der Waals surface area contributed by atoms with Gasteiger partial charge in [-0.2, -0.15) is 13.2 Å². The molecule has 0 aliphatic rings. The van der Waals surface area contributed by atoms with E-state index >= 15 is 0 Å². The highest BCUT2D eigenvalue weighted by Crippen LogP contribution is 2.36. The number of hydrogen-bond acceptors (Lipinski definition) is 4. The van der Waals surface area contributed by atoms with Gasteiger partial charge in [-0.3, -0.25) is 9.36 Å². The van der Waals surface area contributed by atoms with Gasteiger partial charge in [-0.1, -0.05) is 53.7 Å². The van der Waals surface area contributed by atoms with Gasteiger partial charge >= 0.3 is 6.18 Å². The summed E-state index contributed by atoms with van der Waals surface area (Å²) in [5.41, 5.74) is 0.271. The predicted octanol–water partition coefficient (Wildman–Crippen LogP) is 6.48.